The molecule has 2 N–H and O–H groups in total. The largest absolute Gasteiger partial charge is 0.464 e. The molecule has 1 atom stereocenters. The van der Waals surface area contributed by atoms with Crippen LogP contribution in [0.1, 0.15) is 27.2 Å². The van der Waals surface area contributed by atoms with Crippen LogP contribution < -0.4 is 5.32 Å². The van der Waals surface area contributed by atoms with Crippen LogP contribution in [0.5, 0.6) is 0 Å². The van der Waals surface area contributed by atoms with E-state index in [-0.39, 0.29) is 19.6 Å². The highest BCUT2D eigenvalue weighted by molar-refractivity contribution is 6.12. The van der Waals surface area contributed by atoms with Crippen LogP contribution in [0, 0.1) is 0 Å². The Kier molecular flexibility index (Phi) is 3.95. The fourth-order valence-electron chi connectivity index (χ4n) is 1.94. The average molecular weight is 259 g/mol. The summed E-state index contributed by atoms with van der Waals surface area (Å²) < 4.78 is 9.53. The summed E-state index contributed by atoms with van der Waals surface area (Å²) in [4.78, 5) is 35.3. The van der Waals surface area contributed by atoms with Crippen molar-refractivity contribution in [1.29, 1.82) is 0 Å². The zero-order valence-corrected chi connectivity index (χ0v) is 10.6. The van der Waals surface area contributed by atoms with Gasteiger partial charge in [0.1, 0.15) is 5.60 Å². The van der Waals surface area contributed by atoms with Gasteiger partial charge in [-0.05, 0) is 20.8 Å². The van der Waals surface area contributed by atoms with Gasteiger partial charge in [0.25, 0.3) is 5.54 Å². The zero-order chi connectivity index (χ0) is 14.0. The van der Waals surface area contributed by atoms with E-state index in [1.54, 1.807) is 13.8 Å². The monoisotopic (exact) mass is 259 g/mol. The van der Waals surface area contributed by atoms with E-state index in [2.05, 4.69) is 5.32 Å². The molecule has 1 unspecified atom stereocenters. The molecule has 18 heavy (non-hydrogen) atoms. The Balaban J connectivity index is 3.21. The number of hydrogen-bond donors (Lipinski definition) is 2. The lowest BCUT2D eigenvalue weighted by Crippen LogP contribution is -2.67. The molecule has 102 valence electrons. The van der Waals surface area contributed by atoms with Gasteiger partial charge in [-0.2, -0.15) is 0 Å². The van der Waals surface area contributed by atoms with E-state index in [1.165, 1.54) is 6.92 Å². The number of carbonyl (C=O) groups excluding carboxylic acids is 3. The van der Waals surface area contributed by atoms with Crippen molar-refractivity contribution < 1.29 is 29.0 Å². The highest BCUT2D eigenvalue weighted by Crippen LogP contribution is 2.34. The molecule has 1 amide bonds. The van der Waals surface area contributed by atoms with E-state index >= 15 is 0 Å². The van der Waals surface area contributed by atoms with Crippen LogP contribution in [-0.4, -0.2) is 47.3 Å². The van der Waals surface area contributed by atoms with Crippen LogP contribution in [0.15, 0.2) is 0 Å². The van der Waals surface area contributed by atoms with Gasteiger partial charge in [-0.1, -0.05) is 0 Å². The first-order valence-corrected chi connectivity index (χ1v) is 5.69. The lowest BCUT2D eigenvalue weighted by Gasteiger charge is -2.33. The topological polar surface area (TPSA) is 102 Å². The van der Waals surface area contributed by atoms with E-state index in [0.29, 0.717) is 0 Å². The van der Waals surface area contributed by atoms with E-state index < -0.39 is 29.0 Å². The van der Waals surface area contributed by atoms with Gasteiger partial charge in [-0.3, -0.25) is 4.79 Å². The van der Waals surface area contributed by atoms with Crippen molar-refractivity contribution in [1.82, 2.24) is 5.32 Å². The molecule has 1 heterocycles. The van der Waals surface area contributed by atoms with Gasteiger partial charge in [0.2, 0.25) is 5.91 Å². The highest BCUT2D eigenvalue weighted by Gasteiger charge is 2.67. The van der Waals surface area contributed by atoms with Crippen LogP contribution >= 0.6 is 0 Å². The molecule has 0 aromatic heterocycles. The second-order valence-electron chi connectivity index (χ2n) is 4.19. The van der Waals surface area contributed by atoms with Crippen molar-refractivity contribution in [3.63, 3.8) is 0 Å². The summed E-state index contributed by atoms with van der Waals surface area (Å²) in [5.41, 5.74) is -4.07. The van der Waals surface area contributed by atoms with Crippen molar-refractivity contribution in [2.24, 2.45) is 0 Å². The highest BCUT2D eigenvalue weighted by atomic mass is 16.6. The van der Waals surface area contributed by atoms with Crippen molar-refractivity contribution in [3.8, 4) is 0 Å². The zero-order valence-electron chi connectivity index (χ0n) is 10.6. The number of nitrogens with one attached hydrogen (secondary N) is 1. The molecule has 0 aromatic carbocycles. The summed E-state index contributed by atoms with van der Waals surface area (Å²) in [5.74, 6) is -2.64. The van der Waals surface area contributed by atoms with Crippen molar-refractivity contribution in [3.05, 3.63) is 0 Å². The first-order valence-electron chi connectivity index (χ1n) is 5.69. The SMILES string of the molecule is CCOC(=O)C1(C(=O)OCC)NC(=O)CC1(C)O. The van der Waals surface area contributed by atoms with E-state index in [4.69, 9.17) is 9.47 Å². The molecule has 1 fully saturated rings. The molecular weight excluding hydrogens is 242 g/mol. The van der Waals surface area contributed by atoms with Crippen LogP contribution in [0.2, 0.25) is 0 Å². The summed E-state index contributed by atoms with van der Waals surface area (Å²) in [5, 5.41) is 12.4. The molecule has 7 heteroatoms. The molecule has 0 aliphatic carbocycles. The lowest BCUT2D eigenvalue weighted by atomic mass is 9.82. The minimum absolute atomic E-state index is 0.0198. The van der Waals surface area contributed by atoms with Crippen LogP contribution in [0.4, 0.5) is 0 Å². The Labute approximate surface area is 104 Å². The maximum absolute atomic E-state index is 11.9. The Hall–Kier alpha value is -1.63. The van der Waals surface area contributed by atoms with Gasteiger partial charge < -0.3 is 19.9 Å². The number of aliphatic hydroxyl groups is 1. The standard InChI is InChI=1S/C11H17NO6/c1-4-17-8(14)11(9(15)18-5-2)10(3,16)6-7(13)12-11/h16H,4-6H2,1-3H3,(H,12,13). The van der Waals surface area contributed by atoms with Crippen LogP contribution in [0.3, 0.4) is 0 Å². The average Bonchev–Trinajstić information content (AvgIpc) is 2.49. The van der Waals surface area contributed by atoms with Gasteiger partial charge in [0.05, 0.1) is 19.6 Å². The van der Waals surface area contributed by atoms with Gasteiger partial charge in [-0.25, -0.2) is 9.59 Å². The summed E-state index contributed by atoms with van der Waals surface area (Å²) in [6.07, 6.45) is -0.370. The van der Waals surface area contributed by atoms with Gasteiger partial charge in [-0.15, -0.1) is 0 Å². The Morgan fingerprint density at radius 3 is 2.00 bits per heavy atom. The summed E-state index contributed by atoms with van der Waals surface area (Å²) in [7, 11) is 0. The number of carbonyl (C=O) groups is 3. The molecule has 1 saturated heterocycles. The number of esters is 2. The first kappa shape index (κ1) is 14.4. The summed E-state index contributed by atoms with van der Waals surface area (Å²) in [6, 6.07) is 0. The van der Waals surface area contributed by atoms with Gasteiger partial charge in [0, 0.05) is 0 Å². The number of rotatable bonds is 4. The smallest absolute Gasteiger partial charge is 0.346 e. The maximum atomic E-state index is 11.9. The van der Waals surface area contributed by atoms with Crippen LogP contribution in [0.25, 0.3) is 0 Å². The normalized spacial score (nSPS) is 25.4. The maximum Gasteiger partial charge on any atom is 0.346 e. The molecule has 0 radical (unpaired) electrons. The minimum atomic E-state index is -2.18. The summed E-state index contributed by atoms with van der Waals surface area (Å²) >= 11 is 0. The molecule has 7 nitrogen and oxygen atoms in total. The lowest BCUT2D eigenvalue weighted by molar-refractivity contribution is -0.177. The molecule has 0 bridgehead atoms. The van der Waals surface area contributed by atoms with E-state index in [9.17, 15) is 19.5 Å². The first-order chi connectivity index (χ1) is 8.31. The second-order valence-corrected chi connectivity index (χ2v) is 4.19. The number of hydrogen-bond acceptors (Lipinski definition) is 6. The molecule has 0 spiro atoms. The fraction of sp³-hybridized carbons (Fsp3) is 0.727. The molecule has 0 saturated carbocycles. The third kappa shape index (κ3) is 2.05. The third-order valence-corrected chi connectivity index (χ3v) is 2.80. The van der Waals surface area contributed by atoms with Crippen molar-refractivity contribution in [2.75, 3.05) is 13.2 Å². The predicted octanol–water partition coefficient (Wildman–Crippen LogP) is -0.878. The molecular formula is C11H17NO6. The Morgan fingerprint density at radius 1 is 1.28 bits per heavy atom. The molecule has 1 aliphatic rings. The minimum Gasteiger partial charge on any atom is -0.464 e. The van der Waals surface area contributed by atoms with Crippen LogP contribution in [-0.2, 0) is 23.9 Å². The number of amides is 1. The fourth-order valence-corrected chi connectivity index (χ4v) is 1.94. The van der Waals surface area contributed by atoms with Crippen molar-refractivity contribution in [2.45, 2.75) is 38.3 Å². The Morgan fingerprint density at radius 2 is 1.72 bits per heavy atom. The second kappa shape index (κ2) is 4.93. The molecule has 1 rings (SSSR count). The summed E-state index contributed by atoms with van der Waals surface area (Å²) in [6.45, 7) is 4.38. The Bertz CT molecular complexity index is 358. The molecule has 0 aromatic rings. The predicted molar refractivity (Wildman–Crippen MR) is 59.4 cm³/mol. The van der Waals surface area contributed by atoms with Crippen molar-refractivity contribution >= 4 is 17.8 Å². The third-order valence-electron chi connectivity index (χ3n) is 2.80. The quantitative estimate of drug-likeness (QED) is 0.502. The molecule has 1 aliphatic heterocycles. The van der Waals surface area contributed by atoms with Gasteiger partial charge >= 0.3 is 11.9 Å². The number of ether oxygens (including phenoxy) is 2. The van der Waals surface area contributed by atoms with E-state index in [1.807, 2.05) is 0 Å². The van der Waals surface area contributed by atoms with E-state index in [0.717, 1.165) is 0 Å². The van der Waals surface area contributed by atoms with Gasteiger partial charge in [0.15, 0.2) is 0 Å².